The molecule has 1 unspecified atom stereocenters. The van der Waals surface area contributed by atoms with E-state index in [2.05, 4.69) is 15.1 Å². The number of carbonyl (C=O) groups is 1. The Morgan fingerprint density at radius 2 is 2.21 bits per heavy atom. The topological polar surface area (TPSA) is 75.4 Å². The van der Waals surface area contributed by atoms with Crippen molar-refractivity contribution in [3.05, 3.63) is 30.4 Å². The molecular formula is C18H20F3N5O2. The third-order valence-corrected chi connectivity index (χ3v) is 5.49. The molecule has 1 saturated heterocycles. The number of likely N-dealkylation sites (tertiary alicyclic amines) is 1. The standard InChI is InChI=1S/C18H20F3N5O2/c1-25(13-4-5-13)14(27)10-26-8-6-17(11-26,18(19,20)21)16-23-15(24-28-16)12-3-2-7-22-9-12/h2-3,7,9,13H,4-6,8,10-11H2,1H3. The fourth-order valence-electron chi connectivity index (χ4n) is 3.55. The van der Waals surface area contributed by atoms with Gasteiger partial charge in [-0.1, -0.05) is 5.16 Å². The van der Waals surface area contributed by atoms with Crippen molar-refractivity contribution in [1.82, 2.24) is 24.9 Å². The first kappa shape index (κ1) is 18.9. The first-order chi connectivity index (χ1) is 13.3. The summed E-state index contributed by atoms with van der Waals surface area (Å²) in [5.74, 6) is -0.568. The summed E-state index contributed by atoms with van der Waals surface area (Å²) in [4.78, 5) is 23.4. The van der Waals surface area contributed by atoms with Gasteiger partial charge in [0.1, 0.15) is 0 Å². The van der Waals surface area contributed by atoms with Gasteiger partial charge in [-0.2, -0.15) is 18.2 Å². The lowest BCUT2D eigenvalue weighted by Gasteiger charge is -2.28. The van der Waals surface area contributed by atoms with Crippen LogP contribution in [0.1, 0.15) is 25.2 Å². The molecule has 1 aliphatic heterocycles. The second kappa shape index (κ2) is 6.84. The van der Waals surface area contributed by atoms with Gasteiger partial charge in [0.25, 0.3) is 0 Å². The van der Waals surface area contributed by atoms with Crippen LogP contribution in [-0.4, -0.2) is 69.7 Å². The van der Waals surface area contributed by atoms with Crippen LogP contribution >= 0.6 is 0 Å². The highest BCUT2D eigenvalue weighted by molar-refractivity contribution is 5.78. The minimum absolute atomic E-state index is 0.0472. The summed E-state index contributed by atoms with van der Waals surface area (Å²) in [7, 11) is 1.70. The molecule has 2 fully saturated rings. The molecule has 4 rings (SSSR count). The molecule has 3 heterocycles. The maximum Gasteiger partial charge on any atom is 0.404 e. The van der Waals surface area contributed by atoms with Gasteiger partial charge in [-0.15, -0.1) is 0 Å². The third kappa shape index (κ3) is 3.36. The molecule has 0 bridgehead atoms. The van der Waals surface area contributed by atoms with Gasteiger partial charge < -0.3 is 9.42 Å². The summed E-state index contributed by atoms with van der Waals surface area (Å²) in [5, 5.41) is 3.72. The molecule has 0 spiro atoms. The maximum atomic E-state index is 14.1. The second-order valence-corrected chi connectivity index (χ2v) is 7.44. The smallest absolute Gasteiger partial charge is 0.342 e. The van der Waals surface area contributed by atoms with E-state index in [0.29, 0.717) is 5.56 Å². The van der Waals surface area contributed by atoms with E-state index in [1.807, 2.05) is 0 Å². The number of amides is 1. The zero-order chi connectivity index (χ0) is 19.9. The van der Waals surface area contributed by atoms with Crippen LogP contribution < -0.4 is 0 Å². The van der Waals surface area contributed by atoms with Crippen LogP contribution in [0.3, 0.4) is 0 Å². The number of nitrogens with zero attached hydrogens (tertiary/aromatic N) is 5. The number of hydrogen-bond donors (Lipinski definition) is 0. The van der Waals surface area contributed by atoms with E-state index in [-0.39, 0.29) is 43.8 Å². The van der Waals surface area contributed by atoms with E-state index in [0.717, 1.165) is 12.8 Å². The zero-order valence-corrected chi connectivity index (χ0v) is 15.3. The summed E-state index contributed by atoms with van der Waals surface area (Å²) < 4.78 is 47.2. The lowest BCUT2D eigenvalue weighted by Crippen LogP contribution is -2.46. The lowest BCUT2D eigenvalue weighted by molar-refractivity contribution is -0.194. The molecule has 0 N–H and O–H groups in total. The number of likely N-dealkylation sites (N-methyl/N-ethyl adjacent to an activating group) is 1. The molecule has 2 aliphatic rings. The summed E-state index contributed by atoms with van der Waals surface area (Å²) in [5.41, 5.74) is -1.80. The Labute approximate surface area is 159 Å². The highest BCUT2D eigenvalue weighted by Gasteiger charge is 2.63. The van der Waals surface area contributed by atoms with Gasteiger partial charge in [-0.25, -0.2) is 0 Å². The molecule has 28 heavy (non-hydrogen) atoms. The SMILES string of the molecule is CN(C(=O)CN1CCC(c2nc(-c3cccnc3)no2)(C(F)(F)F)C1)C1CC1. The van der Waals surface area contributed by atoms with Gasteiger partial charge in [0.15, 0.2) is 5.41 Å². The van der Waals surface area contributed by atoms with Crippen LogP contribution in [0.5, 0.6) is 0 Å². The average Bonchev–Trinajstić information content (AvgIpc) is 3.22. The summed E-state index contributed by atoms with van der Waals surface area (Å²) in [6.45, 7) is -0.293. The first-order valence-electron chi connectivity index (χ1n) is 9.09. The van der Waals surface area contributed by atoms with Crippen molar-refractivity contribution >= 4 is 5.91 Å². The van der Waals surface area contributed by atoms with Crippen molar-refractivity contribution in [2.45, 2.75) is 36.9 Å². The molecule has 2 aromatic rings. The highest BCUT2D eigenvalue weighted by Crippen LogP contribution is 2.47. The molecule has 1 aliphatic carbocycles. The van der Waals surface area contributed by atoms with Gasteiger partial charge in [0.05, 0.1) is 6.54 Å². The number of alkyl halides is 3. The second-order valence-electron chi connectivity index (χ2n) is 7.44. The van der Waals surface area contributed by atoms with Gasteiger partial charge in [0.2, 0.25) is 17.6 Å². The molecule has 1 saturated carbocycles. The van der Waals surface area contributed by atoms with Crippen LogP contribution in [-0.2, 0) is 10.2 Å². The Hall–Kier alpha value is -2.49. The fourth-order valence-corrected chi connectivity index (χ4v) is 3.55. The van der Waals surface area contributed by atoms with Gasteiger partial charge >= 0.3 is 6.18 Å². The van der Waals surface area contributed by atoms with Crippen LogP contribution in [0.15, 0.2) is 29.0 Å². The molecule has 1 amide bonds. The first-order valence-corrected chi connectivity index (χ1v) is 9.09. The maximum absolute atomic E-state index is 14.1. The van der Waals surface area contributed by atoms with E-state index in [1.165, 1.54) is 11.1 Å². The van der Waals surface area contributed by atoms with Crippen molar-refractivity contribution in [2.24, 2.45) is 0 Å². The minimum atomic E-state index is -4.58. The molecule has 0 radical (unpaired) electrons. The minimum Gasteiger partial charge on any atom is -0.342 e. The van der Waals surface area contributed by atoms with Crippen molar-refractivity contribution in [3.8, 4) is 11.4 Å². The molecule has 2 aromatic heterocycles. The number of hydrogen-bond acceptors (Lipinski definition) is 6. The number of pyridine rings is 1. The van der Waals surface area contributed by atoms with E-state index in [9.17, 15) is 18.0 Å². The molecule has 10 heteroatoms. The third-order valence-electron chi connectivity index (χ3n) is 5.49. The van der Waals surface area contributed by atoms with Crippen molar-refractivity contribution in [1.29, 1.82) is 0 Å². The molecule has 7 nitrogen and oxygen atoms in total. The van der Waals surface area contributed by atoms with E-state index < -0.39 is 17.5 Å². The largest absolute Gasteiger partial charge is 0.404 e. The number of halogens is 3. The summed E-state index contributed by atoms with van der Waals surface area (Å²) in [6, 6.07) is 3.51. The van der Waals surface area contributed by atoms with Gasteiger partial charge in [-0.05, 0) is 31.4 Å². The van der Waals surface area contributed by atoms with Crippen LogP contribution in [0.2, 0.25) is 0 Å². The zero-order valence-electron chi connectivity index (χ0n) is 15.3. The van der Waals surface area contributed by atoms with Gasteiger partial charge in [-0.3, -0.25) is 14.7 Å². The summed E-state index contributed by atoms with van der Waals surface area (Å²) >= 11 is 0. The predicted octanol–water partition coefficient (Wildman–Crippen LogP) is 2.26. The Balaban J connectivity index is 1.55. The van der Waals surface area contributed by atoms with E-state index in [1.54, 1.807) is 30.3 Å². The monoisotopic (exact) mass is 395 g/mol. The number of rotatable bonds is 5. The molecule has 150 valence electrons. The van der Waals surface area contributed by atoms with Crippen LogP contribution in [0.25, 0.3) is 11.4 Å². The number of aromatic nitrogens is 3. The molecule has 0 aromatic carbocycles. The Morgan fingerprint density at radius 1 is 1.43 bits per heavy atom. The highest BCUT2D eigenvalue weighted by atomic mass is 19.4. The fraction of sp³-hybridized carbons (Fsp3) is 0.556. The number of carbonyl (C=O) groups excluding carboxylic acids is 1. The van der Waals surface area contributed by atoms with E-state index >= 15 is 0 Å². The summed E-state index contributed by atoms with van der Waals surface area (Å²) in [6.07, 6.45) is 0.105. The van der Waals surface area contributed by atoms with Crippen molar-refractivity contribution < 1.29 is 22.5 Å². The quantitative estimate of drug-likeness (QED) is 0.773. The lowest BCUT2D eigenvalue weighted by atomic mass is 9.86. The van der Waals surface area contributed by atoms with Crippen LogP contribution in [0, 0.1) is 0 Å². The predicted molar refractivity (Wildman–Crippen MR) is 92.1 cm³/mol. The van der Waals surface area contributed by atoms with Gasteiger partial charge in [0, 0.05) is 44.1 Å². The Kier molecular flexibility index (Phi) is 4.60. The average molecular weight is 395 g/mol. The van der Waals surface area contributed by atoms with Crippen molar-refractivity contribution in [3.63, 3.8) is 0 Å². The normalized spacial score (nSPS) is 23.1. The molecule has 1 atom stereocenters. The Morgan fingerprint density at radius 3 is 2.86 bits per heavy atom. The van der Waals surface area contributed by atoms with Crippen LogP contribution in [0.4, 0.5) is 13.2 Å². The molecular weight excluding hydrogens is 375 g/mol. The van der Waals surface area contributed by atoms with E-state index in [4.69, 9.17) is 4.52 Å². The Bertz CT molecular complexity index is 852. The van der Waals surface area contributed by atoms with Crippen molar-refractivity contribution in [2.75, 3.05) is 26.7 Å².